The summed E-state index contributed by atoms with van der Waals surface area (Å²) in [5.41, 5.74) is 2.12. The molecule has 0 unspecified atom stereocenters. The Balaban J connectivity index is 1.41. The van der Waals surface area contributed by atoms with Crippen LogP contribution in [0.3, 0.4) is 0 Å². The first-order valence-corrected chi connectivity index (χ1v) is 9.14. The molecule has 0 aliphatic heterocycles. The van der Waals surface area contributed by atoms with Crippen LogP contribution in [0.2, 0.25) is 0 Å². The van der Waals surface area contributed by atoms with Gasteiger partial charge in [0.15, 0.2) is 5.82 Å². The minimum Gasteiger partial charge on any atom is -0.352 e. The summed E-state index contributed by atoms with van der Waals surface area (Å²) in [5, 5.41) is 9.20. The van der Waals surface area contributed by atoms with Crippen molar-refractivity contribution in [3.05, 3.63) is 65.1 Å². The number of anilines is 1. The van der Waals surface area contributed by atoms with Crippen molar-refractivity contribution in [3.8, 4) is 11.4 Å². The number of rotatable bonds is 7. The third-order valence-corrected chi connectivity index (χ3v) is 4.30. The van der Waals surface area contributed by atoms with E-state index in [1.807, 2.05) is 35.7 Å². The molecular weight excluding hydrogens is 348 g/mol. The Labute approximate surface area is 155 Å². The molecule has 0 radical (unpaired) electrons. The minimum absolute atomic E-state index is 0.114. The van der Waals surface area contributed by atoms with Crippen LogP contribution in [0.15, 0.2) is 59.6 Å². The first-order chi connectivity index (χ1) is 12.7. The van der Waals surface area contributed by atoms with Gasteiger partial charge in [0, 0.05) is 29.5 Å². The third-order valence-electron chi connectivity index (χ3n) is 3.62. The molecule has 6 nitrogen and oxygen atoms in total. The molecule has 0 saturated heterocycles. The van der Waals surface area contributed by atoms with Crippen LogP contribution in [-0.2, 0) is 4.79 Å². The van der Waals surface area contributed by atoms with E-state index in [1.54, 1.807) is 23.8 Å². The molecule has 2 aromatic heterocycles. The Morgan fingerprint density at radius 3 is 2.50 bits per heavy atom. The van der Waals surface area contributed by atoms with Crippen LogP contribution < -0.4 is 10.6 Å². The molecule has 0 saturated carbocycles. The van der Waals surface area contributed by atoms with E-state index in [0.717, 1.165) is 5.56 Å². The van der Waals surface area contributed by atoms with Crippen LogP contribution in [0, 0.1) is 0 Å². The molecule has 7 heteroatoms. The van der Waals surface area contributed by atoms with E-state index in [0.29, 0.717) is 36.5 Å². The lowest BCUT2D eigenvalue weighted by atomic mass is 10.2. The number of benzene rings is 1. The number of thiophene rings is 1. The number of amides is 2. The molecule has 3 rings (SSSR count). The molecule has 0 fully saturated rings. The summed E-state index contributed by atoms with van der Waals surface area (Å²) in [6.45, 7) is 0.450. The zero-order valence-electron chi connectivity index (χ0n) is 14.0. The van der Waals surface area contributed by atoms with E-state index in [2.05, 4.69) is 20.6 Å². The Morgan fingerprint density at radius 1 is 1.04 bits per heavy atom. The summed E-state index contributed by atoms with van der Waals surface area (Å²) in [7, 11) is 0. The van der Waals surface area contributed by atoms with Gasteiger partial charge in [-0.2, -0.15) is 11.3 Å². The van der Waals surface area contributed by atoms with Crippen LogP contribution >= 0.6 is 11.3 Å². The highest BCUT2D eigenvalue weighted by Crippen LogP contribution is 2.15. The molecule has 2 N–H and O–H groups in total. The van der Waals surface area contributed by atoms with E-state index in [-0.39, 0.29) is 11.8 Å². The van der Waals surface area contributed by atoms with Gasteiger partial charge in [0.1, 0.15) is 0 Å². The number of nitrogens with one attached hydrogen (secondary N) is 2. The zero-order chi connectivity index (χ0) is 18.2. The smallest absolute Gasteiger partial charge is 0.252 e. The first kappa shape index (κ1) is 17.8. The lowest BCUT2D eigenvalue weighted by Gasteiger charge is -2.06. The van der Waals surface area contributed by atoms with E-state index < -0.39 is 0 Å². The number of carbonyl (C=O) groups excluding carboxylic acids is 2. The highest BCUT2D eigenvalue weighted by Gasteiger charge is 2.07. The van der Waals surface area contributed by atoms with Crippen molar-refractivity contribution in [2.45, 2.75) is 12.8 Å². The zero-order valence-corrected chi connectivity index (χ0v) is 14.8. The molecule has 2 heterocycles. The molecule has 0 bridgehead atoms. The molecule has 1 aromatic carbocycles. The summed E-state index contributed by atoms with van der Waals surface area (Å²) in [6.07, 6.45) is 4.05. The van der Waals surface area contributed by atoms with Crippen molar-refractivity contribution in [2.75, 3.05) is 11.9 Å². The molecule has 26 heavy (non-hydrogen) atoms. The minimum atomic E-state index is -0.133. The second-order valence-electron chi connectivity index (χ2n) is 5.58. The van der Waals surface area contributed by atoms with Gasteiger partial charge in [-0.25, -0.2) is 9.97 Å². The summed E-state index contributed by atoms with van der Waals surface area (Å²) >= 11 is 1.48. The monoisotopic (exact) mass is 366 g/mol. The van der Waals surface area contributed by atoms with E-state index in [9.17, 15) is 9.59 Å². The molecule has 0 atom stereocenters. The summed E-state index contributed by atoms with van der Waals surface area (Å²) in [4.78, 5) is 32.3. The quantitative estimate of drug-likeness (QED) is 0.628. The van der Waals surface area contributed by atoms with E-state index in [1.165, 1.54) is 11.3 Å². The average molecular weight is 366 g/mol. The standard InChI is InChI=1S/C19H18N4O2S/c24-17(7-4-9-20-19(25)15-8-10-26-13-15)23-16-11-21-18(22-12-16)14-5-2-1-3-6-14/h1-3,5-6,8,10-13H,4,7,9H2,(H,20,25)(H,23,24). The predicted octanol–water partition coefficient (Wildman–Crippen LogP) is 3.35. The molecule has 2 amide bonds. The van der Waals surface area contributed by atoms with Gasteiger partial charge in [0.05, 0.1) is 18.1 Å². The maximum Gasteiger partial charge on any atom is 0.252 e. The fourth-order valence-corrected chi connectivity index (χ4v) is 2.93. The highest BCUT2D eigenvalue weighted by atomic mass is 32.1. The van der Waals surface area contributed by atoms with Gasteiger partial charge in [-0.1, -0.05) is 30.3 Å². The topological polar surface area (TPSA) is 84.0 Å². The van der Waals surface area contributed by atoms with Gasteiger partial charge < -0.3 is 10.6 Å². The summed E-state index contributed by atoms with van der Waals surface area (Å²) in [6, 6.07) is 11.4. The molecule has 132 valence electrons. The third kappa shape index (κ3) is 4.97. The van der Waals surface area contributed by atoms with Gasteiger partial charge in [0.2, 0.25) is 5.91 Å². The number of nitrogens with zero attached hydrogens (tertiary/aromatic N) is 2. The maximum absolute atomic E-state index is 12.0. The van der Waals surface area contributed by atoms with Crippen molar-refractivity contribution in [2.24, 2.45) is 0 Å². The number of carbonyl (C=O) groups is 2. The van der Waals surface area contributed by atoms with Crippen molar-refractivity contribution >= 4 is 28.8 Å². The number of aromatic nitrogens is 2. The van der Waals surface area contributed by atoms with Crippen LogP contribution in [0.4, 0.5) is 5.69 Å². The van der Waals surface area contributed by atoms with Crippen molar-refractivity contribution in [1.29, 1.82) is 0 Å². The average Bonchev–Trinajstić information content (AvgIpc) is 3.21. The van der Waals surface area contributed by atoms with Gasteiger partial charge in [-0.05, 0) is 17.9 Å². The Morgan fingerprint density at radius 2 is 1.81 bits per heavy atom. The predicted molar refractivity (Wildman–Crippen MR) is 102 cm³/mol. The van der Waals surface area contributed by atoms with Gasteiger partial charge in [0.25, 0.3) is 5.91 Å². The number of hydrogen-bond acceptors (Lipinski definition) is 5. The summed E-state index contributed by atoms with van der Waals surface area (Å²) in [5.74, 6) is 0.363. The van der Waals surface area contributed by atoms with Gasteiger partial charge in [-0.3, -0.25) is 9.59 Å². The van der Waals surface area contributed by atoms with Crippen molar-refractivity contribution < 1.29 is 9.59 Å². The molecular formula is C19H18N4O2S. The maximum atomic E-state index is 12.0. The SMILES string of the molecule is O=C(CCCNC(=O)c1ccsc1)Nc1cnc(-c2ccccc2)nc1. The highest BCUT2D eigenvalue weighted by molar-refractivity contribution is 7.08. The second kappa shape index (κ2) is 8.87. The fraction of sp³-hybridized carbons (Fsp3) is 0.158. The van der Waals surface area contributed by atoms with Crippen LogP contribution in [-0.4, -0.2) is 28.3 Å². The Kier molecular flexibility index (Phi) is 6.05. The lowest BCUT2D eigenvalue weighted by Crippen LogP contribution is -2.25. The Hall–Kier alpha value is -3.06. The van der Waals surface area contributed by atoms with Gasteiger partial charge >= 0.3 is 0 Å². The second-order valence-corrected chi connectivity index (χ2v) is 6.36. The largest absolute Gasteiger partial charge is 0.352 e. The fourth-order valence-electron chi connectivity index (χ4n) is 2.30. The van der Waals surface area contributed by atoms with Crippen molar-refractivity contribution in [3.63, 3.8) is 0 Å². The first-order valence-electron chi connectivity index (χ1n) is 8.20. The van der Waals surface area contributed by atoms with Crippen LogP contribution in [0.25, 0.3) is 11.4 Å². The van der Waals surface area contributed by atoms with Gasteiger partial charge in [-0.15, -0.1) is 0 Å². The van der Waals surface area contributed by atoms with E-state index >= 15 is 0 Å². The molecule has 0 aliphatic rings. The van der Waals surface area contributed by atoms with Crippen molar-refractivity contribution in [1.82, 2.24) is 15.3 Å². The molecule has 0 spiro atoms. The summed E-state index contributed by atoms with van der Waals surface area (Å²) < 4.78 is 0. The van der Waals surface area contributed by atoms with Crippen LogP contribution in [0.5, 0.6) is 0 Å². The lowest BCUT2D eigenvalue weighted by molar-refractivity contribution is -0.116. The number of hydrogen-bond donors (Lipinski definition) is 2. The molecule has 3 aromatic rings. The van der Waals surface area contributed by atoms with Crippen LogP contribution in [0.1, 0.15) is 23.2 Å². The molecule has 0 aliphatic carbocycles. The van der Waals surface area contributed by atoms with E-state index in [4.69, 9.17) is 0 Å². The Bertz CT molecular complexity index is 849. The normalized spacial score (nSPS) is 10.3.